The molecular formula is C12H10N4O3. The number of carbonyl (C=O) groups is 1. The molecule has 3 rings (SSSR count). The van der Waals surface area contributed by atoms with Gasteiger partial charge in [-0.3, -0.25) is 9.78 Å². The predicted octanol–water partition coefficient (Wildman–Crippen LogP) is 1.04. The van der Waals surface area contributed by atoms with Crippen LogP contribution in [-0.4, -0.2) is 22.7 Å². The molecule has 1 aliphatic rings. The van der Waals surface area contributed by atoms with E-state index in [2.05, 4.69) is 15.3 Å². The number of fused-ring (bicyclic) bond motifs is 1. The zero-order valence-corrected chi connectivity index (χ0v) is 9.79. The van der Waals surface area contributed by atoms with Crippen molar-refractivity contribution in [3.63, 3.8) is 0 Å². The minimum absolute atomic E-state index is 0.129. The molecule has 2 heterocycles. The first-order valence-corrected chi connectivity index (χ1v) is 5.50. The molecule has 0 spiro atoms. The monoisotopic (exact) mass is 258 g/mol. The van der Waals surface area contributed by atoms with Gasteiger partial charge in [-0.1, -0.05) is 0 Å². The summed E-state index contributed by atoms with van der Waals surface area (Å²) in [5, 5.41) is 2.60. The van der Waals surface area contributed by atoms with Crippen LogP contribution in [0.3, 0.4) is 0 Å². The van der Waals surface area contributed by atoms with Crippen LogP contribution in [0.15, 0.2) is 30.7 Å². The van der Waals surface area contributed by atoms with E-state index < -0.39 is 0 Å². The number of nitrogens with two attached hydrogens (primary N) is 1. The number of nitrogens with one attached hydrogen (secondary N) is 1. The Bertz CT molecular complexity index is 630. The number of hydrogen-bond acceptors (Lipinski definition) is 6. The number of benzene rings is 1. The Balaban J connectivity index is 1.88. The van der Waals surface area contributed by atoms with Crippen LogP contribution in [0.25, 0.3) is 0 Å². The number of hydrogen-bond donors (Lipinski definition) is 2. The lowest BCUT2D eigenvalue weighted by Crippen LogP contribution is -2.15. The molecule has 0 bridgehead atoms. The topological polar surface area (TPSA) is 99.4 Å². The van der Waals surface area contributed by atoms with Crippen LogP contribution >= 0.6 is 0 Å². The smallest absolute Gasteiger partial charge is 0.259 e. The number of ether oxygens (including phenoxy) is 2. The molecule has 0 saturated carbocycles. The fourth-order valence-corrected chi connectivity index (χ4v) is 1.70. The van der Waals surface area contributed by atoms with Crippen LogP contribution in [-0.2, 0) is 0 Å². The minimum Gasteiger partial charge on any atom is -0.454 e. The molecule has 0 aliphatic carbocycles. The van der Waals surface area contributed by atoms with Crippen LogP contribution in [0.2, 0.25) is 0 Å². The second-order valence-corrected chi connectivity index (χ2v) is 3.84. The van der Waals surface area contributed by atoms with E-state index in [9.17, 15) is 4.79 Å². The number of amides is 1. The van der Waals surface area contributed by atoms with Crippen LogP contribution in [0.1, 0.15) is 10.4 Å². The van der Waals surface area contributed by atoms with Gasteiger partial charge < -0.3 is 20.5 Å². The molecule has 0 radical (unpaired) electrons. The van der Waals surface area contributed by atoms with Gasteiger partial charge in [0.1, 0.15) is 0 Å². The Kier molecular flexibility index (Phi) is 2.64. The third-order valence-electron chi connectivity index (χ3n) is 2.59. The molecule has 2 aromatic rings. The number of carbonyl (C=O) groups excluding carboxylic acids is 1. The van der Waals surface area contributed by atoms with Gasteiger partial charge in [0.05, 0.1) is 11.8 Å². The van der Waals surface area contributed by atoms with Crippen LogP contribution < -0.4 is 20.5 Å². The summed E-state index contributed by atoms with van der Waals surface area (Å²) in [6.07, 6.45) is 4.45. The maximum atomic E-state index is 12.1. The molecule has 19 heavy (non-hydrogen) atoms. The van der Waals surface area contributed by atoms with Gasteiger partial charge in [-0.25, -0.2) is 4.98 Å². The van der Waals surface area contributed by atoms with Crippen molar-refractivity contribution < 1.29 is 14.3 Å². The SMILES string of the molecule is Nc1cc2c(cc1C(=O)Nc1cnccn1)OCO2. The second kappa shape index (κ2) is 4.45. The summed E-state index contributed by atoms with van der Waals surface area (Å²) in [4.78, 5) is 19.9. The lowest BCUT2D eigenvalue weighted by atomic mass is 10.1. The van der Waals surface area contributed by atoms with E-state index in [0.29, 0.717) is 28.6 Å². The molecular weight excluding hydrogens is 248 g/mol. The molecule has 1 aliphatic heterocycles. The van der Waals surface area contributed by atoms with Crippen molar-refractivity contribution in [2.45, 2.75) is 0 Å². The molecule has 7 heteroatoms. The van der Waals surface area contributed by atoms with Gasteiger partial charge in [0.25, 0.3) is 5.91 Å². The third-order valence-corrected chi connectivity index (χ3v) is 2.59. The zero-order valence-electron chi connectivity index (χ0n) is 9.79. The van der Waals surface area contributed by atoms with Crippen LogP contribution in [0.5, 0.6) is 11.5 Å². The van der Waals surface area contributed by atoms with Gasteiger partial charge in [-0.15, -0.1) is 0 Å². The number of nitrogen functional groups attached to an aromatic ring is 1. The van der Waals surface area contributed by atoms with E-state index >= 15 is 0 Å². The van der Waals surface area contributed by atoms with Crippen molar-refractivity contribution in [3.8, 4) is 11.5 Å². The second-order valence-electron chi connectivity index (χ2n) is 3.84. The molecule has 96 valence electrons. The molecule has 0 fully saturated rings. The quantitative estimate of drug-likeness (QED) is 0.781. The Morgan fingerprint density at radius 2 is 2.05 bits per heavy atom. The highest BCUT2D eigenvalue weighted by molar-refractivity contribution is 6.07. The van der Waals surface area contributed by atoms with Gasteiger partial charge in [0.15, 0.2) is 17.3 Å². The number of anilines is 2. The van der Waals surface area contributed by atoms with Crippen molar-refractivity contribution in [3.05, 3.63) is 36.3 Å². The Hall–Kier alpha value is -2.83. The van der Waals surface area contributed by atoms with E-state index in [0.717, 1.165) is 0 Å². The van der Waals surface area contributed by atoms with Gasteiger partial charge in [-0.05, 0) is 6.07 Å². The average molecular weight is 258 g/mol. The first-order chi connectivity index (χ1) is 9.24. The summed E-state index contributed by atoms with van der Waals surface area (Å²) in [5.41, 5.74) is 6.43. The molecule has 7 nitrogen and oxygen atoms in total. The summed E-state index contributed by atoms with van der Waals surface area (Å²) in [6.45, 7) is 0.129. The lowest BCUT2D eigenvalue weighted by molar-refractivity contribution is 0.102. The highest BCUT2D eigenvalue weighted by Crippen LogP contribution is 2.36. The van der Waals surface area contributed by atoms with Gasteiger partial charge in [0, 0.05) is 24.1 Å². The number of rotatable bonds is 2. The molecule has 1 aromatic carbocycles. The molecule has 0 atom stereocenters. The third kappa shape index (κ3) is 2.13. The number of nitrogens with zero attached hydrogens (tertiary/aromatic N) is 2. The predicted molar refractivity (Wildman–Crippen MR) is 67.0 cm³/mol. The minimum atomic E-state index is -0.378. The molecule has 1 amide bonds. The summed E-state index contributed by atoms with van der Waals surface area (Å²) < 4.78 is 10.4. The largest absolute Gasteiger partial charge is 0.454 e. The Morgan fingerprint density at radius 3 is 2.79 bits per heavy atom. The van der Waals surface area contributed by atoms with Crippen LogP contribution in [0, 0.1) is 0 Å². The number of aromatic nitrogens is 2. The molecule has 3 N–H and O–H groups in total. The summed E-state index contributed by atoms with van der Waals surface area (Å²) in [6, 6.07) is 3.11. The fraction of sp³-hybridized carbons (Fsp3) is 0.0833. The maximum absolute atomic E-state index is 12.1. The van der Waals surface area contributed by atoms with Gasteiger partial charge >= 0.3 is 0 Å². The Labute approximate surface area is 108 Å². The summed E-state index contributed by atoms with van der Waals surface area (Å²) in [5.74, 6) is 1.01. The highest BCUT2D eigenvalue weighted by Gasteiger charge is 2.19. The first-order valence-electron chi connectivity index (χ1n) is 5.50. The van der Waals surface area contributed by atoms with E-state index in [1.165, 1.54) is 18.6 Å². The molecule has 1 aromatic heterocycles. The zero-order chi connectivity index (χ0) is 13.2. The van der Waals surface area contributed by atoms with Crippen molar-refractivity contribution in [2.24, 2.45) is 0 Å². The van der Waals surface area contributed by atoms with E-state index in [4.69, 9.17) is 15.2 Å². The maximum Gasteiger partial charge on any atom is 0.259 e. The highest BCUT2D eigenvalue weighted by atomic mass is 16.7. The molecule has 0 saturated heterocycles. The summed E-state index contributed by atoms with van der Waals surface area (Å²) in [7, 11) is 0. The van der Waals surface area contributed by atoms with Crippen LogP contribution in [0.4, 0.5) is 11.5 Å². The lowest BCUT2D eigenvalue weighted by Gasteiger charge is -2.07. The van der Waals surface area contributed by atoms with E-state index in [-0.39, 0.29) is 12.7 Å². The van der Waals surface area contributed by atoms with Crippen molar-refractivity contribution >= 4 is 17.4 Å². The van der Waals surface area contributed by atoms with Gasteiger partial charge in [0.2, 0.25) is 6.79 Å². The Morgan fingerprint density at radius 1 is 1.26 bits per heavy atom. The average Bonchev–Trinajstić information content (AvgIpc) is 2.86. The van der Waals surface area contributed by atoms with Gasteiger partial charge in [-0.2, -0.15) is 0 Å². The standard InChI is InChI=1S/C12H10N4O3/c13-8-4-10-9(18-6-19-10)3-7(8)12(17)16-11-5-14-1-2-15-11/h1-5H,6,13H2,(H,15,16,17). The molecule has 0 unspecified atom stereocenters. The van der Waals surface area contributed by atoms with Crippen molar-refractivity contribution in [1.82, 2.24) is 9.97 Å². The summed E-state index contributed by atoms with van der Waals surface area (Å²) >= 11 is 0. The first kappa shape index (κ1) is 11.3. The van der Waals surface area contributed by atoms with Crippen molar-refractivity contribution in [1.29, 1.82) is 0 Å². The fourth-order valence-electron chi connectivity index (χ4n) is 1.70. The normalized spacial score (nSPS) is 12.2. The van der Waals surface area contributed by atoms with E-state index in [1.54, 1.807) is 12.1 Å². The van der Waals surface area contributed by atoms with E-state index in [1.807, 2.05) is 0 Å². The van der Waals surface area contributed by atoms with Crippen molar-refractivity contribution in [2.75, 3.05) is 17.8 Å².